The second-order valence-corrected chi connectivity index (χ2v) is 5.72. The van der Waals surface area contributed by atoms with Crippen molar-refractivity contribution in [3.63, 3.8) is 0 Å². The van der Waals surface area contributed by atoms with E-state index in [1.165, 1.54) is 25.0 Å². The van der Waals surface area contributed by atoms with E-state index in [2.05, 4.69) is 18.7 Å². The molecule has 2 rings (SSSR count). The van der Waals surface area contributed by atoms with Crippen LogP contribution in [0.15, 0.2) is 24.3 Å². The molecule has 0 aliphatic carbocycles. The number of halogens is 1. The summed E-state index contributed by atoms with van der Waals surface area (Å²) in [6, 6.07) is 7.02. The van der Waals surface area contributed by atoms with Gasteiger partial charge in [-0.2, -0.15) is 0 Å². The number of nitrogens with zero attached hydrogens (tertiary/aromatic N) is 1. The smallest absolute Gasteiger partial charge is 0.123 e. The van der Waals surface area contributed by atoms with E-state index < -0.39 is 0 Å². The van der Waals surface area contributed by atoms with E-state index in [0.29, 0.717) is 6.04 Å². The van der Waals surface area contributed by atoms with Crippen molar-refractivity contribution in [2.45, 2.75) is 51.1 Å². The van der Waals surface area contributed by atoms with Gasteiger partial charge in [-0.3, -0.25) is 4.90 Å². The van der Waals surface area contributed by atoms with Crippen LogP contribution in [0.2, 0.25) is 0 Å². The molecule has 1 saturated heterocycles. The van der Waals surface area contributed by atoms with Crippen LogP contribution in [0.4, 0.5) is 4.39 Å². The normalized spacial score (nSPS) is 21.3. The second kappa shape index (κ2) is 6.02. The van der Waals surface area contributed by atoms with E-state index in [1.807, 2.05) is 12.1 Å². The third kappa shape index (κ3) is 2.98. The average Bonchev–Trinajstić information content (AvgIpc) is 2.92. The zero-order valence-corrected chi connectivity index (χ0v) is 12.0. The van der Waals surface area contributed by atoms with Gasteiger partial charge in [0, 0.05) is 6.04 Å². The van der Waals surface area contributed by atoms with Crippen LogP contribution in [-0.2, 0) is 5.54 Å². The predicted octanol–water partition coefficient (Wildman–Crippen LogP) is 3.26. The second-order valence-electron chi connectivity index (χ2n) is 5.72. The summed E-state index contributed by atoms with van der Waals surface area (Å²) in [5.41, 5.74) is 7.41. The van der Waals surface area contributed by atoms with Gasteiger partial charge in [-0.1, -0.05) is 25.5 Å². The van der Waals surface area contributed by atoms with Gasteiger partial charge in [-0.15, -0.1) is 0 Å². The highest BCUT2D eigenvalue weighted by Crippen LogP contribution is 2.32. The van der Waals surface area contributed by atoms with E-state index in [9.17, 15) is 4.39 Å². The number of likely N-dealkylation sites (tertiary alicyclic amines) is 1. The van der Waals surface area contributed by atoms with Gasteiger partial charge in [0.1, 0.15) is 5.82 Å². The van der Waals surface area contributed by atoms with Crippen molar-refractivity contribution >= 4 is 0 Å². The van der Waals surface area contributed by atoms with Crippen molar-refractivity contribution in [1.82, 2.24) is 4.90 Å². The summed E-state index contributed by atoms with van der Waals surface area (Å²) < 4.78 is 13.1. The van der Waals surface area contributed by atoms with Crippen LogP contribution in [0.1, 0.15) is 45.1 Å². The van der Waals surface area contributed by atoms with Crippen LogP contribution in [0, 0.1) is 5.82 Å². The maximum absolute atomic E-state index is 13.1. The molecule has 3 heteroatoms. The molecule has 19 heavy (non-hydrogen) atoms. The highest BCUT2D eigenvalue weighted by atomic mass is 19.1. The molecule has 2 N–H and O–H groups in total. The fraction of sp³-hybridized carbons (Fsp3) is 0.625. The Labute approximate surface area is 115 Å². The first-order valence-corrected chi connectivity index (χ1v) is 7.37. The highest BCUT2D eigenvalue weighted by Gasteiger charge is 2.37. The molecular weight excluding hydrogens is 239 g/mol. The van der Waals surface area contributed by atoms with Gasteiger partial charge >= 0.3 is 0 Å². The molecule has 0 saturated carbocycles. The van der Waals surface area contributed by atoms with Crippen molar-refractivity contribution in [3.05, 3.63) is 35.6 Å². The number of rotatable bonds is 5. The molecule has 0 bridgehead atoms. The number of nitrogens with two attached hydrogens (primary N) is 1. The maximum atomic E-state index is 13.1. The third-order valence-electron chi connectivity index (χ3n) is 4.48. The fourth-order valence-corrected chi connectivity index (χ4v) is 3.22. The molecule has 2 nitrogen and oxygen atoms in total. The first kappa shape index (κ1) is 14.5. The first-order valence-electron chi connectivity index (χ1n) is 7.37. The Morgan fingerprint density at radius 1 is 1.26 bits per heavy atom. The summed E-state index contributed by atoms with van der Waals surface area (Å²) in [7, 11) is 0. The molecule has 0 amide bonds. The van der Waals surface area contributed by atoms with E-state index in [1.54, 1.807) is 0 Å². The van der Waals surface area contributed by atoms with Crippen molar-refractivity contribution in [3.8, 4) is 0 Å². The lowest BCUT2D eigenvalue weighted by molar-refractivity contribution is 0.151. The lowest BCUT2D eigenvalue weighted by atomic mass is 9.80. The van der Waals surface area contributed by atoms with Crippen LogP contribution >= 0.6 is 0 Å². The van der Waals surface area contributed by atoms with Gasteiger partial charge in [-0.25, -0.2) is 4.39 Å². The summed E-state index contributed by atoms with van der Waals surface area (Å²) in [5, 5.41) is 0. The molecule has 106 valence electrons. The molecule has 1 aromatic rings. The Hall–Kier alpha value is -0.930. The zero-order chi connectivity index (χ0) is 13.9. The summed E-state index contributed by atoms with van der Waals surface area (Å²) in [6.07, 6.45) is 4.48. The molecule has 2 unspecified atom stereocenters. The Kier molecular flexibility index (Phi) is 4.58. The quantitative estimate of drug-likeness (QED) is 0.884. The largest absolute Gasteiger partial charge is 0.320 e. The van der Waals surface area contributed by atoms with Crippen LogP contribution in [0.3, 0.4) is 0 Å². The predicted molar refractivity (Wildman–Crippen MR) is 77.4 cm³/mol. The number of benzene rings is 1. The van der Waals surface area contributed by atoms with Crippen LogP contribution in [-0.4, -0.2) is 24.0 Å². The van der Waals surface area contributed by atoms with Gasteiger partial charge in [0.2, 0.25) is 0 Å². The maximum Gasteiger partial charge on any atom is 0.123 e. The Balaban J connectivity index is 2.27. The number of hydrogen-bond donors (Lipinski definition) is 1. The lowest BCUT2D eigenvalue weighted by Gasteiger charge is -2.41. The van der Waals surface area contributed by atoms with Crippen LogP contribution < -0.4 is 5.73 Å². The Morgan fingerprint density at radius 3 is 2.37 bits per heavy atom. The van der Waals surface area contributed by atoms with Gasteiger partial charge in [0.15, 0.2) is 0 Å². The van der Waals surface area contributed by atoms with E-state index >= 15 is 0 Å². The molecule has 1 fully saturated rings. The summed E-state index contributed by atoms with van der Waals surface area (Å²) in [4.78, 5) is 2.47. The number of hydrogen-bond acceptors (Lipinski definition) is 2. The molecule has 2 atom stereocenters. The molecule has 0 aromatic heterocycles. The summed E-state index contributed by atoms with van der Waals surface area (Å²) in [6.45, 7) is 6.63. The van der Waals surface area contributed by atoms with E-state index in [4.69, 9.17) is 5.73 Å². The summed E-state index contributed by atoms with van der Waals surface area (Å²) in [5.74, 6) is -0.198. The molecule has 1 aliphatic rings. The van der Waals surface area contributed by atoms with Crippen molar-refractivity contribution in [1.29, 1.82) is 0 Å². The minimum atomic E-state index is -0.382. The van der Waals surface area contributed by atoms with E-state index in [-0.39, 0.29) is 11.4 Å². The standard InChI is InChI=1S/C16H25FN2/c1-3-10-16(18,13(2)19-11-4-5-12-19)14-6-8-15(17)9-7-14/h6-9,13H,3-5,10-12,18H2,1-2H3. The first-order chi connectivity index (χ1) is 9.08. The minimum Gasteiger partial charge on any atom is -0.320 e. The zero-order valence-electron chi connectivity index (χ0n) is 12.0. The fourth-order valence-electron chi connectivity index (χ4n) is 3.22. The monoisotopic (exact) mass is 264 g/mol. The topological polar surface area (TPSA) is 29.3 Å². The van der Waals surface area contributed by atoms with Crippen molar-refractivity contribution in [2.24, 2.45) is 5.73 Å². The van der Waals surface area contributed by atoms with Gasteiger partial charge in [-0.05, 0) is 57.0 Å². The third-order valence-corrected chi connectivity index (χ3v) is 4.48. The van der Waals surface area contributed by atoms with Crippen molar-refractivity contribution in [2.75, 3.05) is 13.1 Å². The molecule has 0 radical (unpaired) electrons. The van der Waals surface area contributed by atoms with Crippen molar-refractivity contribution < 1.29 is 4.39 Å². The Bertz CT molecular complexity index is 398. The lowest BCUT2D eigenvalue weighted by Crippen LogP contribution is -2.54. The SMILES string of the molecule is CCCC(N)(c1ccc(F)cc1)C(C)N1CCCC1. The molecule has 1 heterocycles. The summed E-state index contributed by atoms with van der Waals surface area (Å²) >= 11 is 0. The molecule has 1 aliphatic heterocycles. The molecule has 0 spiro atoms. The van der Waals surface area contributed by atoms with Crippen LogP contribution in [0.25, 0.3) is 0 Å². The molecule has 1 aromatic carbocycles. The van der Waals surface area contributed by atoms with Gasteiger partial charge in [0.05, 0.1) is 5.54 Å². The minimum absolute atomic E-state index is 0.198. The van der Waals surface area contributed by atoms with Gasteiger partial charge < -0.3 is 5.73 Å². The highest BCUT2D eigenvalue weighted by molar-refractivity contribution is 5.27. The molecular formula is C16H25FN2. The van der Waals surface area contributed by atoms with Crippen LogP contribution in [0.5, 0.6) is 0 Å². The van der Waals surface area contributed by atoms with E-state index in [0.717, 1.165) is 31.5 Å². The Morgan fingerprint density at radius 2 is 1.84 bits per heavy atom. The van der Waals surface area contributed by atoms with Gasteiger partial charge in [0.25, 0.3) is 0 Å². The average molecular weight is 264 g/mol.